The van der Waals surface area contributed by atoms with Gasteiger partial charge in [0.1, 0.15) is 6.61 Å². The third-order valence-corrected chi connectivity index (χ3v) is 3.25. The third kappa shape index (κ3) is 5.01. The van der Waals surface area contributed by atoms with Crippen molar-refractivity contribution < 1.29 is 14.3 Å². The highest BCUT2D eigenvalue weighted by Gasteiger charge is 2.12. The number of methoxy groups -OCH3 is 1. The number of nitrogens with one attached hydrogen (secondary N) is 1. The maximum Gasteiger partial charge on any atom is 0.238 e. The molecule has 1 unspecified atom stereocenters. The van der Waals surface area contributed by atoms with Crippen LogP contribution >= 0.6 is 15.9 Å². The fourth-order valence-corrected chi connectivity index (χ4v) is 1.29. The van der Waals surface area contributed by atoms with Crippen molar-refractivity contribution in [1.82, 2.24) is 4.98 Å². The Morgan fingerprint density at radius 2 is 2.28 bits per heavy atom. The minimum absolute atomic E-state index is 0.0765. The Labute approximate surface area is 115 Å². The van der Waals surface area contributed by atoms with Crippen LogP contribution in [0.15, 0.2) is 18.3 Å². The van der Waals surface area contributed by atoms with E-state index in [9.17, 15) is 4.79 Å². The van der Waals surface area contributed by atoms with Crippen molar-refractivity contribution >= 4 is 27.5 Å². The van der Waals surface area contributed by atoms with Gasteiger partial charge in [-0.2, -0.15) is 0 Å². The number of aromatic nitrogens is 1. The normalized spacial score (nSPS) is 11.9. The van der Waals surface area contributed by atoms with Crippen LogP contribution in [-0.4, -0.2) is 36.0 Å². The van der Waals surface area contributed by atoms with Gasteiger partial charge >= 0.3 is 0 Å². The number of rotatable bonds is 7. The molecule has 0 aliphatic heterocycles. The summed E-state index contributed by atoms with van der Waals surface area (Å²) in [4.78, 5) is 15.5. The molecule has 1 atom stereocenters. The number of nitrogens with zero attached hydrogens (tertiary/aromatic N) is 1. The molecule has 0 saturated carbocycles. The Bertz CT molecular complexity index is 370. The van der Waals surface area contributed by atoms with E-state index in [0.717, 1.165) is 6.42 Å². The predicted molar refractivity (Wildman–Crippen MR) is 73.2 cm³/mol. The van der Waals surface area contributed by atoms with Gasteiger partial charge in [-0.05, 0) is 12.5 Å². The number of carbonyl (C=O) groups excluding carboxylic acids is 1. The van der Waals surface area contributed by atoms with E-state index in [2.05, 4.69) is 26.2 Å². The molecular weight excluding hydrogens is 300 g/mol. The maximum absolute atomic E-state index is 11.6. The zero-order valence-corrected chi connectivity index (χ0v) is 12.1. The molecule has 1 rings (SSSR count). The van der Waals surface area contributed by atoms with E-state index in [4.69, 9.17) is 9.47 Å². The summed E-state index contributed by atoms with van der Waals surface area (Å²) in [6.07, 6.45) is 2.30. The lowest BCUT2D eigenvalue weighted by Gasteiger charge is -2.09. The van der Waals surface area contributed by atoms with Crippen molar-refractivity contribution in [2.45, 2.75) is 18.2 Å². The van der Waals surface area contributed by atoms with Crippen LogP contribution in [0.2, 0.25) is 0 Å². The van der Waals surface area contributed by atoms with Crippen molar-refractivity contribution in [3.8, 4) is 5.88 Å². The molecule has 5 nitrogen and oxygen atoms in total. The summed E-state index contributed by atoms with van der Waals surface area (Å²) in [5.41, 5.74) is 0.650. The van der Waals surface area contributed by atoms with Crippen molar-refractivity contribution in [3.05, 3.63) is 18.3 Å². The summed E-state index contributed by atoms with van der Waals surface area (Å²) in [6.45, 7) is 2.90. The molecule has 1 aromatic rings. The van der Waals surface area contributed by atoms with E-state index in [1.165, 1.54) is 0 Å². The Morgan fingerprint density at radius 3 is 2.83 bits per heavy atom. The lowest BCUT2D eigenvalue weighted by atomic mass is 10.3. The van der Waals surface area contributed by atoms with E-state index in [-0.39, 0.29) is 10.7 Å². The van der Waals surface area contributed by atoms with Crippen molar-refractivity contribution in [1.29, 1.82) is 0 Å². The molecule has 0 aliphatic rings. The summed E-state index contributed by atoms with van der Waals surface area (Å²) in [5.74, 6) is 0.434. The second kappa shape index (κ2) is 8.05. The van der Waals surface area contributed by atoms with E-state index in [1.54, 1.807) is 25.4 Å². The topological polar surface area (TPSA) is 60.5 Å². The molecule has 0 saturated heterocycles. The minimum atomic E-state index is -0.185. The van der Waals surface area contributed by atoms with Crippen molar-refractivity contribution in [3.63, 3.8) is 0 Å². The molecule has 1 amide bonds. The lowest BCUT2D eigenvalue weighted by molar-refractivity contribution is -0.115. The highest BCUT2D eigenvalue weighted by atomic mass is 79.9. The van der Waals surface area contributed by atoms with Gasteiger partial charge in [0.15, 0.2) is 0 Å². The molecule has 0 radical (unpaired) electrons. The Hall–Kier alpha value is -1.14. The molecule has 6 heteroatoms. The van der Waals surface area contributed by atoms with Crippen LogP contribution < -0.4 is 10.1 Å². The minimum Gasteiger partial charge on any atom is -0.475 e. The lowest BCUT2D eigenvalue weighted by Crippen LogP contribution is -2.22. The number of halogens is 1. The molecular formula is C12H17BrN2O3. The first-order valence-corrected chi connectivity index (χ1v) is 6.61. The molecule has 0 aromatic carbocycles. The third-order valence-electron chi connectivity index (χ3n) is 2.18. The molecule has 100 valence electrons. The number of hydrogen-bond donors (Lipinski definition) is 1. The van der Waals surface area contributed by atoms with Gasteiger partial charge < -0.3 is 14.8 Å². The summed E-state index contributed by atoms with van der Waals surface area (Å²) in [7, 11) is 1.61. The zero-order chi connectivity index (χ0) is 13.4. The first kappa shape index (κ1) is 14.9. The van der Waals surface area contributed by atoms with Gasteiger partial charge in [-0.1, -0.05) is 22.9 Å². The van der Waals surface area contributed by atoms with E-state index < -0.39 is 0 Å². The van der Waals surface area contributed by atoms with Gasteiger partial charge in [-0.15, -0.1) is 0 Å². The molecule has 1 heterocycles. The number of alkyl halides is 1. The quantitative estimate of drug-likeness (QED) is 0.619. The standard InChI is InChI=1S/C12H17BrN2O3/c1-3-10(13)12(16)15-9-4-5-11(14-8-9)18-7-6-17-2/h4-5,8,10H,3,6-7H2,1-2H3,(H,15,16). The average molecular weight is 317 g/mol. The highest BCUT2D eigenvalue weighted by molar-refractivity contribution is 9.10. The second-order valence-corrected chi connectivity index (χ2v) is 4.70. The number of anilines is 1. The van der Waals surface area contributed by atoms with Crippen LogP contribution in [-0.2, 0) is 9.53 Å². The number of ether oxygens (including phenoxy) is 2. The first-order chi connectivity index (χ1) is 8.67. The molecule has 1 aromatic heterocycles. The predicted octanol–water partition coefficient (Wildman–Crippen LogP) is 2.22. The molecule has 0 fully saturated rings. The Kier molecular flexibility index (Phi) is 6.67. The van der Waals surface area contributed by atoms with Gasteiger partial charge in [0.05, 0.1) is 23.3 Å². The molecule has 1 N–H and O–H groups in total. The average Bonchev–Trinajstić information content (AvgIpc) is 2.40. The Morgan fingerprint density at radius 1 is 1.50 bits per heavy atom. The Balaban J connectivity index is 2.47. The van der Waals surface area contributed by atoms with Crippen LogP contribution in [0.3, 0.4) is 0 Å². The smallest absolute Gasteiger partial charge is 0.238 e. The van der Waals surface area contributed by atoms with Crippen LogP contribution in [0.4, 0.5) is 5.69 Å². The summed E-state index contributed by atoms with van der Waals surface area (Å²) >= 11 is 3.29. The summed E-state index contributed by atoms with van der Waals surface area (Å²) in [6, 6.07) is 3.46. The van der Waals surface area contributed by atoms with E-state index in [1.807, 2.05) is 6.92 Å². The molecule has 18 heavy (non-hydrogen) atoms. The van der Waals surface area contributed by atoms with E-state index >= 15 is 0 Å². The van der Waals surface area contributed by atoms with Gasteiger partial charge in [0.2, 0.25) is 11.8 Å². The summed E-state index contributed by atoms with van der Waals surface area (Å²) in [5, 5.41) is 2.76. The summed E-state index contributed by atoms with van der Waals surface area (Å²) < 4.78 is 10.2. The number of amides is 1. The van der Waals surface area contributed by atoms with Gasteiger partial charge in [0, 0.05) is 13.2 Å². The van der Waals surface area contributed by atoms with Gasteiger partial charge in [-0.3, -0.25) is 4.79 Å². The highest BCUT2D eigenvalue weighted by Crippen LogP contribution is 2.13. The molecule has 0 bridgehead atoms. The fourth-order valence-electron chi connectivity index (χ4n) is 1.18. The maximum atomic E-state index is 11.6. The largest absolute Gasteiger partial charge is 0.475 e. The van der Waals surface area contributed by atoms with Crippen molar-refractivity contribution in [2.75, 3.05) is 25.6 Å². The second-order valence-electron chi connectivity index (χ2n) is 3.59. The molecule has 0 aliphatic carbocycles. The molecule has 0 spiro atoms. The van der Waals surface area contributed by atoms with Crippen LogP contribution in [0.25, 0.3) is 0 Å². The van der Waals surface area contributed by atoms with E-state index in [0.29, 0.717) is 24.8 Å². The SMILES string of the molecule is CCC(Br)C(=O)Nc1ccc(OCCOC)nc1. The number of hydrogen-bond acceptors (Lipinski definition) is 4. The van der Waals surface area contributed by atoms with Crippen LogP contribution in [0, 0.1) is 0 Å². The van der Waals surface area contributed by atoms with Gasteiger partial charge in [-0.25, -0.2) is 4.98 Å². The monoisotopic (exact) mass is 316 g/mol. The van der Waals surface area contributed by atoms with Crippen LogP contribution in [0.1, 0.15) is 13.3 Å². The number of carbonyl (C=O) groups is 1. The first-order valence-electron chi connectivity index (χ1n) is 5.70. The van der Waals surface area contributed by atoms with Crippen LogP contribution in [0.5, 0.6) is 5.88 Å². The zero-order valence-electron chi connectivity index (χ0n) is 10.5. The number of pyridine rings is 1. The van der Waals surface area contributed by atoms with Gasteiger partial charge in [0.25, 0.3) is 0 Å². The van der Waals surface area contributed by atoms with Crippen molar-refractivity contribution in [2.24, 2.45) is 0 Å². The fraction of sp³-hybridized carbons (Fsp3) is 0.500.